The molecule has 0 aliphatic rings. The molecule has 0 spiro atoms. The van der Waals surface area contributed by atoms with Crippen LogP contribution >= 0.6 is 0 Å². The predicted octanol–water partition coefficient (Wildman–Crippen LogP) is 1.22. The van der Waals surface area contributed by atoms with Gasteiger partial charge in [0.25, 0.3) is 5.69 Å². The number of ether oxygens (including phenoxy) is 1. The largest absolute Gasteiger partial charge is 0.465 e. The molecule has 0 fully saturated rings. The van der Waals surface area contributed by atoms with Gasteiger partial charge in [0.2, 0.25) is 0 Å². The van der Waals surface area contributed by atoms with Gasteiger partial charge in [0.1, 0.15) is 6.07 Å². The number of nitrogens with zero attached hydrogens (tertiary/aromatic N) is 2. The molecule has 0 aromatic heterocycles. The van der Waals surface area contributed by atoms with Gasteiger partial charge in [0.15, 0.2) is 5.57 Å². The quantitative estimate of drug-likeness (QED) is 0.287. The lowest BCUT2D eigenvalue weighted by Gasteiger charge is -2.09. The fourth-order valence-electron chi connectivity index (χ4n) is 1.47. The molecule has 0 heterocycles. The van der Waals surface area contributed by atoms with Gasteiger partial charge in [-0.15, -0.1) is 0 Å². The maximum absolute atomic E-state index is 11.4. The van der Waals surface area contributed by atoms with Gasteiger partial charge in [-0.2, -0.15) is 5.26 Å². The minimum atomic E-state index is -0.773. The minimum Gasteiger partial charge on any atom is -0.465 e. The van der Waals surface area contributed by atoms with Crippen molar-refractivity contribution in [1.82, 2.24) is 5.32 Å². The van der Waals surface area contributed by atoms with Crippen LogP contribution in [0.1, 0.15) is 5.56 Å². The van der Waals surface area contributed by atoms with Crippen LogP contribution in [0.5, 0.6) is 0 Å². The topological polar surface area (TPSA) is 105 Å². The van der Waals surface area contributed by atoms with Crippen LogP contribution in [0, 0.1) is 21.4 Å². The summed E-state index contributed by atoms with van der Waals surface area (Å²) >= 11 is 0. The fourth-order valence-corrected chi connectivity index (χ4v) is 1.47. The first-order chi connectivity index (χ1) is 9.04. The van der Waals surface area contributed by atoms with Crippen LogP contribution < -0.4 is 5.32 Å². The highest BCUT2D eigenvalue weighted by Crippen LogP contribution is 2.20. The van der Waals surface area contributed by atoms with Gasteiger partial charge in [0.05, 0.1) is 17.7 Å². The molecule has 7 nitrogen and oxygen atoms in total. The molecule has 98 valence electrons. The first-order valence-corrected chi connectivity index (χ1v) is 5.20. The summed E-state index contributed by atoms with van der Waals surface area (Å²) in [6.45, 7) is 0. The zero-order valence-corrected chi connectivity index (χ0v) is 10.3. The van der Waals surface area contributed by atoms with Gasteiger partial charge in [-0.25, -0.2) is 4.79 Å². The highest BCUT2D eigenvalue weighted by molar-refractivity contribution is 6.01. The molecule has 0 saturated heterocycles. The highest BCUT2D eigenvalue weighted by atomic mass is 16.6. The zero-order chi connectivity index (χ0) is 14.4. The second-order valence-corrected chi connectivity index (χ2v) is 3.41. The van der Waals surface area contributed by atoms with Crippen LogP contribution in [0.25, 0.3) is 5.70 Å². The van der Waals surface area contributed by atoms with Gasteiger partial charge in [-0.3, -0.25) is 10.1 Å². The molecule has 7 heteroatoms. The van der Waals surface area contributed by atoms with Gasteiger partial charge < -0.3 is 10.1 Å². The molecule has 0 bridgehead atoms. The highest BCUT2D eigenvalue weighted by Gasteiger charge is 2.17. The number of nitrogens with one attached hydrogen (secondary N) is 1. The number of carbonyl (C=O) groups excluding carboxylic acids is 1. The number of non-ortho nitro benzene ring substituents is 1. The Kier molecular flexibility index (Phi) is 4.60. The number of nitriles is 1. The van der Waals surface area contributed by atoms with Crippen molar-refractivity contribution in [3.8, 4) is 6.07 Å². The number of methoxy groups -OCH3 is 1. The summed E-state index contributed by atoms with van der Waals surface area (Å²) in [5.41, 5.74) is 0.467. The van der Waals surface area contributed by atoms with E-state index < -0.39 is 10.9 Å². The van der Waals surface area contributed by atoms with Gasteiger partial charge in [-0.1, -0.05) is 0 Å². The lowest BCUT2D eigenvalue weighted by molar-refractivity contribution is -0.384. The Bertz CT molecular complexity index is 570. The van der Waals surface area contributed by atoms with Crippen molar-refractivity contribution in [2.75, 3.05) is 14.2 Å². The molecular formula is C12H11N3O4. The molecule has 19 heavy (non-hydrogen) atoms. The third-order valence-corrected chi connectivity index (χ3v) is 2.37. The van der Waals surface area contributed by atoms with E-state index in [1.807, 2.05) is 0 Å². The van der Waals surface area contributed by atoms with Crippen molar-refractivity contribution in [3.05, 3.63) is 45.5 Å². The van der Waals surface area contributed by atoms with Crippen LogP contribution in [-0.2, 0) is 9.53 Å². The average molecular weight is 261 g/mol. The molecule has 0 atom stereocenters. The van der Waals surface area contributed by atoms with Crippen molar-refractivity contribution in [1.29, 1.82) is 5.26 Å². The number of hydrogen-bond acceptors (Lipinski definition) is 6. The van der Waals surface area contributed by atoms with Crippen molar-refractivity contribution in [2.45, 2.75) is 0 Å². The SMILES string of the molecule is CN/C(=C(/C#N)C(=O)OC)c1ccc([N+](=O)[O-])cc1. The van der Waals surface area contributed by atoms with Crippen LogP contribution in [0.15, 0.2) is 29.8 Å². The standard InChI is InChI=1S/C12H11N3O4/c1-14-11(10(7-13)12(16)19-2)8-3-5-9(6-4-8)15(17)18/h3-6,14H,1-2H3/b11-10-. The lowest BCUT2D eigenvalue weighted by Crippen LogP contribution is -2.14. The Hall–Kier alpha value is -2.88. The Morgan fingerprint density at radius 3 is 2.37 bits per heavy atom. The van der Waals surface area contributed by atoms with E-state index in [9.17, 15) is 14.9 Å². The number of nitro benzene ring substituents is 1. The first-order valence-electron chi connectivity index (χ1n) is 5.20. The molecular weight excluding hydrogens is 250 g/mol. The Morgan fingerprint density at radius 1 is 1.42 bits per heavy atom. The first kappa shape index (κ1) is 14.2. The average Bonchev–Trinajstić information content (AvgIpc) is 2.44. The second-order valence-electron chi connectivity index (χ2n) is 3.41. The van der Waals surface area contributed by atoms with Gasteiger partial charge in [0, 0.05) is 19.2 Å². The smallest absolute Gasteiger partial charge is 0.350 e. The normalized spacial score (nSPS) is 11.0. The molecule has 1 rings (SSSR count). The maximum atomic E-state index is 11.4. The Morgan fingerprint density at radius 2 is 2.00 bits per heavy atom. The summed E-state index contributed by atoms with van der Waals surface area (Å²) in [6, 6.07) is 7.23. The van der Waals surface area contributed by atoms with E-state index in [-0.39, 0.29) is 17.0 Å². The molecule has 1 aromatic carbocycles. The number of nitro groups is 1. The molecule has 0 radical (unpaired) electrons. The van der Waals surface area contributed by atoms with E-state index in [0.29, 0.717) is 5.56 Å². The van der Waals surface area contributed by atoms with Crippen molar-refractivity contribution < 1.29 is 14.5 Å². The van der Waals surface area contributed by atoms with Crippen molar-refractivity contribution in [2.24, 2.45) is 0 Å². The van der Waals surface area contributed by atoms with Crippen LogP contribution in [0.4, 0.5) is 5.69 Å². The Labute approximate surface area is 109 Å². The van der Waals surface area contributed by atoms with E-state index in [4.69, 9.17) is 5.26 Å². The summed E-state index contributed by atoms with van der Waals surface area (Å²) in [4.78, 5) is 21.5. The number of benzene rings is 1. The zero-order valence-electron chi connectivity index (χ0n) is 10.3. The van der Waals surface area contributed by atoms with Crippen molar-refractivity contribution >= 4 is 17.4 Å². The number of esters is 1. The third kappa shape index (κ3) is 3.07. The van der Waals surface area contributed by atoms with Crippen molar-refractivity contribution in [3.63, 3.8) is 0 Å². The number of rotatable bonds is 4. The van der Waals surface area contributed by atoms with E-state index in [1.165, 1.54) is 38.4 Å². The molecule has 1 N–H and O–H groups in total. The fraction of sp³-hybridized carbons (Fsp3) is 0.167. The third-order valence-electron chi connectivity index (χ3n) is 2.37. The Balaban J connectivity index is 3.30. The van der Waals surface area contributed by atoms with E-state index in [2.05, 4.69) is 10.1 Å². The minimum absolute atomic E-state index is 0.0734. The van der Waals surface area contributed by atoms with Crippen LogP contribution in [0.2, 0.25) is 0 Å². The molecule has 0 aliphatic carbocycles. The summed E-state index contributed by atoms with van der Waals surface area (Å²) < 4.78 is 4.50. The second kappa shape index (κ2) is 6.16. The van der Waals surface area contributed by atoms with Crippen LogP contribution in [-0.4, -0.2) is 25.1 Å². The molecule has 0 aliphatic heterocycles. The summed E-state index contributed by atoms with van der Waals surface area (Å²) in [5.74, 6) is -0.773. The monoisotopic (exact) mass is 261 g/mol. The summed E-state index contributed by atoms with van der Waals surface area (Å²) in [6.07, 6.45) is 0. The van der Waals surface area contributed by atoms with Gasteiger partial charge in [-0.05, 0) is 17.7 Å². The summed E-state index contributed by atoms with van der Waals surface area (Å²) in [7, 11) is 2.71. The van der Waals surface area contributed by atoms with E-state index in [1.54, 1.807) is 6.07 Å². The molecule has 0 saturated carbocycles. The molecule has 0 unspecified atom stereocenters. The lowest BCUT2D eigenvalue weighted by atomic mass is 10.1. The summed E-state index contributed by atoms with van der Waals surface area (Å²) in [5, 5.41) is 22.2. The number of hydrogen-bond donors (Lipinski definition) is 1. The molecule has 1 aromatic rings. The predicted molar refractivity (Wildman–Crippen MR) is 66.7 cm³/mol. The van der Waals surface area contributed by atoms with Gasteiger partial charge >= 0.3 is 5.97 Å². The van der Waals surface area contributed by atoms with Crippen LogP contribution in [0.3, 0.4) is 0 Å². The maximum Gasteiger partial charge on any atom is 0.350 e. The van der Waals surface area contributed by atoms with E-state index >= 15 is 0 Å². The number of carbonyl (C=O) groups is 1. The molecule has 0 amide bonds. The van der Waals surface area contributed by atoms with E-state index in [0.717, 1.165) is 0 Å².